The Kier molecular flexibility index (Phi) is 6.58. The van der Waals surface area contributed by atoms with Crippen LogP contribution in [0.2, 0.25) is 16.7 Å². The number of halogens is 3. The van der Waals surface area contributed by atoms with Gasteiger partial charge in [-0.15, -0.1) is 0 Å². The van der Waals surface area contributed by atoms with Crippen molar-refractivity contribution in [2.24, 2.45) is 0 Å². The van der Waals surface area contributed by atoms with Crippen LogP contribution < -0.4 is 10.6 Å². The second kappa shape index (κ2) is 9.10. The lowest BCUT2D eigenvalue weighted by Gasteiger charge is -2.38. The summed E-state index contributed by atoms with van der Waals surface area (Å²) in [7, 11) is 6.63. The van der Waals surface area contributed by atoms with E-state index in [0.717, 1.165) is 12.1 Å². The normalized spacial score (nSPS) is 22.2. The van der Waals surface area contributed by atoms with E-state index in [4.69, 9.17) is 11.6 Å². The van der Waals surface area contributed by atoms with Crippen LogP contribution in [0.3, 0.4) is 0 Å². The lowest BCUT2D eigenvalue weighted by molar-refractivity contribution is -0.147. The Bertz CT molecular complexity index is 1280. The highest BCUT2D eigenvalue weighted by Crippen LogP contribution is 2.36. The van der Waals surface area contributed by atoms with Gasteiger partial charge < -0.3 is 10.2 Å². The molecule has 2 N–H and O–H groups in total. The van der Waals surface area contributed by atoms with E-state index in [2.05, 4.69) is 10.6 Å². The number of imide groups is 1. The molecule has 3 unspecified atom stereocenters. The Hall–Kier alpha value is -3.07. The summed E-state index contributed by atoms with van der Waals surface area (Å²) in [5.41, 5.74) is 1.02. The Morgan fingerprint density at radius 1 is 1.03 bits per heavy atom. The van der Waals surface area contributed by atoms with Crippen LogP contribution in [0.1, 0.15) is 27.0 Å². The fraction of sp³-hybridized carbons (Fsp3) is 0.273. The van der Waals surface area contributed by atoms with Crippen molar-refractivity contribution in [3.8, 4) is 0 Å². The van der Waals surface area contributed by atoms with E-state index in [1.54, 1.807) is 49.6 Å². The number of piperidine rings is 1. The molecule has 2 aromatic carbocycles. The second-order valence-electron chi connectivity index (χ2n) is 9.91. The number of hydrogen-bond donors (Lipinski definition) is 2. The second-order valence-corrected chi connectivity index (χ2v) is 10.3. The lowest BCUT2D eigenvalue weighted by atomic mass is 9.57. The molecule has 182 valence electrons. The molecule has 0 saturated carbocycles. The van der Waals surface area contributed by atoms with Gasteiger partial charge in [0.1, 0.15) is 37.4 Å². The van der Waals surface area contributed by atoms with Crippen molar-refractivity contribution in [2.45, 2.75) is 35.5 Å². The van der Waals surface area contributed by atoms with E-state index >= 15 is 0 Å². The Balaban J connectivity index is 1.55. The smallest absolute Gasteiger partial charge is 0.349 e. The number of rotatable bonds is 5. The third kappa shape index (κ3) is 4.45. The summed E-state index contributed by atoms with van der Waals surface area (Å²) in [6, 6.07) is 8.80. The molecule has 2 aliphatic heterocycles. The number of carbonyl (C=O) groups is 4. The van der Waals surface area contributed by atoms with E-state index < -0.39 is 40.5 Å². The highest BCUT2D eigenvalue weighted by molar-refractivity contribution is 6.40. The van der Waals surface area contributed by atoms with Crippen LogP contribution in [0.25, 0.3) is 0 Å². The number of carbonyl (C=O) groups excluding carboxylic acids is 4. The molecule has 7 nitrogen and oxygen atoms in total. The molecule has 2 heterocycles. The largest absolute Gasteiger partial charge is 0.357 e. The number of amides is 4. The first-order valence-corrected chi connectivity index (χ1v) is 11.9. The topological polar surface area (TPSA) is 95.6 Å². The standard InChI is InChI=1S/C22H22B4ClF2N3O4/c23-14-15(24)17(33)30-18(34)16(14)32-8-9-7-11(3-6-13(9)19(32)35)22(25,26)31-20(36)21(28,29)10-1-4-12(27)5-2-10/h1-7,14-16H,8,23-26H2,(H,31,36)(H,30,33,34). The van der Waals surface area contributed by atoms with Gasteiger partial charge in [-0.1, -0.05) is 35.9 Å². The average Bonchev–Trinajstić information content (AvgIpc) is 3.13. The van der Waals surface area contributed by atoms with E-state index in [-0.39, 0.29) is 29.2 Å². The number of benzene rings is 2. The predicted octanol–water partition coefficient (Wildman–Crippen LogP) is -1.55. The van der Waals surface area contributed by atoms with Crippen molar-refractivity contribution in [2.75, 3.05) is 0 Å². The maximum Gasteiger partial charge on any atom is 0.349 e. The van der Waals surface area contributed by atoms with E-state index in [0.29, 0.717) is 16.7 Å². The van der Waals surface area contributed by atoms with Gasteiger partial charge in [0.05, 0.1) is 0 Å². The summed E-state index contributed by atoms with van der Waals surface area (Å²) in [5, 5.41) is 3.81. The number of hydrogen-bond acceptors (Lipinski definition) is 4. The highest BCUT2D eigenvalue weighted by atomic mass is 35.5. The fourth-order valence-corrected chi connectivity index (χ4v) is 4.79. The van der Waals surface area contributed by atoms with Crippen LogP contribution in [0.5, 0.6) is 0 Å². The molecule has 0 aliphatic carbocycles. The van der Waals surface area contributed by atoms with Gasteiger partial charge in [0.25, 0.3) is 11.8 Å². The third-order valence-electron chi connectivity index (χ3n) is 7.13. The van der Waals surface area contributed by atoms with Crippen LogP contribution in [0, 0.1) is 0 Å². The van der Waals surface area contributed by atoms with Crippen LogP contribution in [-0.4, -0.2) is 66.0 Å². The molecule has 4 amide bonds. The molecule has 36 heavy (non-hydrogen) atoms. The molecule has 2 aromatic rings. The number of alkyl halides is 2. The zero-order valence-corrected chi connectivity index (χ0v) is 21.0. The summed E-state index contributed by atoms with van der Waals surface area (Å²) in [6.45, 7) is 0.121. The van der Waals surface area contributed by atoms with E-state index in [1.165, 1.54) is 17.0 Å². The summed E-state index contributed by atoms with van der Waals surface area (Å²) in [6.07, 6.45) is 0. The maximum atomic E-state index is 14.8. The van der Waals surface area contributed by atoms with Crippen LogP contribution >= 0.6 is 11.6 Å². The molecule has 1 fully saturated rings. The van der Waals surface area contributed by atoms with Gasteiger partial charge in [0.15, 0.2) is 0 Å². The van der Waals surface area contributed by atoms with Crippen LogP contribution in [0.15, 0.2) is 42.5 Å². The molecule has 1 saturated heterocycles. The zero-order valence-electron chi connectivity index (χ0n) is 20.2. The molecule has 0 aromatic heterocycles. The quantitative estimate of drug-likeness (QED) is 0.377. The Morgan fingerprint density at radius 2 is 1.64 bits per heavy atom. The summed E-state index contributed by atoms with van der Waals surface area (Å²) >= 11 is 5.76. The average molecular weight is 509 g/mol. The minimum atomic E-state index is -3.79. The van der Waals surface area contributed by atoms with Gasteiger partial charge >= 0.3 is 5.92 Å². The van der Waals surface area contributed by atoms with Gasteiger partial charge in [-0.05, 0) is 35.1 Å². The van der Waals surface area contributed by atoms with Crippen LogP contribution in [-0.2, 0) is 32.2 Å². The first-order chi connectivity index (χ1) is 16.7. The first kappa shape index (κ1) is 26.0. The van der Waals surface area contributed by atoms with Gasteiger partial charge in [-0.3, -0.25) is 24.5 Å². The van der Waals surface area contributed by atoms with Crippen molar-refractivity contribution in [3.63, 3.8) is 0 Å². The fourth-order valence-electron chi connectivity index (χ4n) is 4.67. The molecule has 3 atom stereocenters. The molecule has 2 aliphatic rings. The Labute approximate surface area is 215 Å². The van der Waals surface area contributed by atoms with Gasteiger partial charge in [-0.25, -0.2) is 0 Å². The molecule has 0 bridgehead atoms. The zero-order chi connectivity index (χ0) is 26.6. The van der Waals surface area contributed by atoms with Crippen molar-refractivity contribution < 1.29 is 28.0 Å². The third-order valence-corrected chi connectivity index (χ3v) is 7.38. The molecule has 0 radical (unpaired) electrons. The summed E-state index contributed by atoms with van der Waals surface area (Å²) in [4.78, 5) is 51.7. The van der Waals surface area contributed by atoms with Crippen molar-refractivity contribution >= 4 is 66.6 Å². The minimum Gasteiger partial charge on any atom is -0.357 e. The van der Waals surface area contributed by atoms with Gasteiger partial charge in [0, 0.05) is 33.8 Å². The molecule has 4 rings (SSSR count). The highest BCUT2D eigenvalue weighted by Gasteiger charge is 2.46. The Morgan fingerprint density at radius 3 is 2.28 bits per heavy atom. The minimum absolute atomic E-state index is 0.121. The summed E-state index contributed by atoms with van der Waals surface area (Å²) < 4.78 is 29.6. The van der Waals surface area contributed by atoms with Gasteiger partial charge in [-0.2, -0.15) is 8.78 Å². The predicted molar refractivity (Wildman–Crippen MR) is 140 cm³/mol. The number of nitrogens with zero attached hydrogens (tertiary/aromatic N) is 1. The van der Waals surface area contributed by atoms with Crippen molar-refractivity contribution in [1.29, 1.82) is 0 Å². The molecule has 14 heteroatoms. The SMILES string of the molecule is BC1C(=O)NC(=O)C(N2Cc3cc(C(B)(B)NC(=O)C(F)(F)c4ccc(Cl)cc4)ccc3C2=O)C1B. The van der Waals surface area contributed by atoms with Crippen molar-refractivity contribution in [3.05, 3.63) is 69.7 Å². The van der Waals surface area contributed by atoms with Crippen molar-refractivity contribution in [1.82, 2.24) is 15.5 Å². The summed E-state index contributed by atoms with van der Waals surface area (Å²) in [5.74, 6) is -7.33. The first-order valence-electron chi connectivity index (χ1n) is 11.5. The monoisotopic (exact) mass is 509 g/mol. The maximum absolute atomic E-state index is 14.8. The molecule has 0 spiro atoms. The van der Waals surface area contributed by atoms with Crippen LogP contribution in [0.4, 0.5) is 8.78 Å². The molecular weight excluding hydrogens is 487 g/mol. The van der Waals surface area contributed by atoms with E-state index in [9.17, 15) is 28.0 Å². The number of nitrogens with one attached hydrogen (secondary N) is 2. The van der Waals surface area contributed by atoms with E-state index in [1.807, 2.05) is 0 Å². The lowest BCUT2D eigenvalue weighted by Crippen LogP contribution is -2.57. The molecular formula is C22H22B4ClF2N3O4. The number of fused-ring (bicyclic) bond motifs is 1. The van der Waals surface area contributed by atoms with Gasteiger partial charge in [0.2, 0.25) is 11.8 Å².